The van der Waals surface area contributed by atoms with Crippen molar-refractivity contribution in [3.63, 3.8) is 0 Å². The number of fused-ring (bicyclic) bond motifs is 1. The number of hydrogen-bond donors (Lipinski definition) is 0. The summed E-state index contributed by atoms with van der Waals surface area (Å²) in [7, 11) is 1.32. The maximum Gasteiger partial charge on any atom is 0.346 e. The summed E-state index contributed by atoms with van der Waals surface area (Å²) in [5.41, 5.74) is 0.647. The lowest BCUT2D eigenvalue weighted by atomic mass is 10.2. The SMILES string of the molecule is COC(=O)C(C)Oc1ccnc2c(Cl)cccc12. The van der Waals surface area contributed by atoms with Gasteiger partial charge in [-0.15, -0.1) is 0 Å². The van der Waals surface area contributed by atoms with Crippen molar-refractivity contribution in [2.24, 2.45) is 0 Å². The second-order valence-corrected chi connectivity index (χ2v) is 4.14. The Morgan fingerprint density at radius 3 is 2.89 bits per heavy atom. The highest BCUT2D eigenvalue weighted by molar-refractivity contribution is 6.35. The van der Waals surface area contributed by atoms with Crippen molar-refractivity contribution in [1.29, 1.82) is 0 Å². The van der Waals surface area contributed by atoms with Crippen LogP contribution < -0.4 is 4.74 Å². The van der Waals surface area contributed by atoms with Crippen molar-refractivity contribution >= 4 is 28.5 Å². The topological polar surface area (TPSA) is 48.4 Å². The Hall–Kier alpha value is -1.81. The molecule has 0 aliphatic rings. The first-order chi connectivity index (χ1) is 8.63. The monoisotopic (exact) mass is 265 g/mol. The van der Waals surface area contributed by atoms with Crippen LogP contribution in [0.15, 0.2) is 30.5 Å². The van der Waals surface area contributed by atoms with E-state index < -0.39 is 12.1 Å². The standard InChI is InChI=1S/C13H12ClNO3/c1-8(13(16)17-2)18-11-6-7-15-12-9(11)4-3-5-10(12)14/h3-8H,1-2H3. The van der Waals surface area contributed by atoms with Crippen molar-refractivity contribution in [2.45, 2.75) is 13.0 Å². The van der Waals surface area contributed by atoms with Crippen molar-refractivity contribution in [1.82, 2.24) is 4.98 Å². The first-order valence-corrected chi connectivity index (χ1v) is 5.79. The number of hydrogen-bond acceptors (Lipinski definition) is 4. The molecule has 0 radical (unpaired) electrons. The van der Waals surface area contributed by atoms with Gasteiger partial charge in [-0.25, -0.2) is 4.79 Å². The van der Waals surface area contributed by atoms with E-state index in [1.165, 1.54) is 7.11 Å². The minimum atomic E-state index is -0.681. The number of carbonyl (C=O) groups is 1. The largest absolute Gasteiger partial charge is 0.478 e. The Morgan fingerprint density at radius 1 is 1.39 bits per heavy atom. The molecule has 0 N–H and O–H groups in total. The van der Waals surface area contributed by atoms with Gasteiger partial charge in [-0.05, 0) is 25.1 Å². The van der Waals surface area contributed by atoms with Gasteiger partial charge >= 0.3 is 5.97 Å². The second kappa shape index (κ2) is 5.23. The summed E-state index contributed by atoms with van der Waals surface area (Å²) in [4.78, 5) is 15.5. The Kier molecular flexibility index (Phi) is 3.67. The third-order valence-corrected chi connectivity index (χ3v) is 2.82. The zero-order chi connectivity index (χ0) is 13.1. The van der Waals surface area contributed by atoms with E-state index in [1.807, 2.05) is 12.1 Å². The van der Waals surface area contributed by atoms with Crippen LogP contribution in [0.1, 0.15) is 6.92 Å². The number of esters is 1. The highest BCUT2D eigenvalue weighted by atomic mass is 35.5. The molecule has 1 atom stereocenters. The van der Waals surface area contributed by atoms with Gasteiger partial charge in [0.25, 0.3) is 0 Å². The molecule has 0 fully saturated rings. The summed E-state index contributed by atoms with van der Waals surface area (Å²) in [5.74, 6) is 0.127. The number of para-hydroxylation sites is 1. The van der Waals surface area contributed by atoms with Crippen LogP contribution in [0.3, 0.4) is 0 Å². The normalized spacial score (nSPS) is 12.2. The molecule has 18 heavy (non-hydrogen) atoms. The van der Waals surface area contributed by atoms with Gasteiger partial charge in [0, 0.05) is 11.6 Å². The fourth-order valence-electron chi connectivity index (χ4n) is 1.62. The van der Waals surface area contributed by atoms with Crippen LogP contribution >= 0.6 is 11.6 Å². The van der Waals surface area contributed by atoms with Gasteiger partial charge in [-0.1, -0.05) is 17.7 Å². The Morgan fingerprint density at radius 2 is 2.17 bits per heavy atom. The lowest BCUT2D eigenvalue weighted by Gasteiger charge is -2.14. The molecule has 1 unspecified atom stereocenters. The molecule has 0 saturated carbocycles. The molecule has 2 rings (SSSR count). The third-order valence-electron chi connectivity index (χ3n) is 2.52. The molecule has 1 aromatic carbocycles. The lowest BCUT2D eigenvalue weighted by molar-refractivity contribution is -0.147. The number of pyridine rings is 1. The van der Waals surface area contributed by atoms with E-state index >= 15 is 0 Å². The minimum absolute atomic E-state index is 0.429. The van der Waals surface area contributed by atoms with Crippen molar-refractivity contribution in [3.05, 3.63) is 35.5 Å². The number of carbonyl (C=O) groups excluding carboxylic acids is 1. The number of benzene rings is 1. The molecule has 0 spiro atoms. The molecule has 1 aromatic heterocycles. The van der Waals surface area contributed by atoms with Crippen LogP contribution in [0.2, 0.25) is 5.02 Å². The fraction of sp³-hybridized carbons (Fsp3) is 0.231. The molecule has 94 valence electrons. The van der Waals surface area contributed by atoms with Crippen LogP contribution in [0, 0.1) is 0 Å². The Labute approximate surface area is 109 Å². The van der Waals surface area contributed by atoms with E-state index in [2.05, 4.69) is 9.72 Å². The number of ether oxygens (including phenoxy) is 2. The number of nitrogens with zero attached hydrogens (tertiary/aromatic N) is 1. The number of halogens is 1. The molecule has 0 aliphatic heterocycles. The van der Waals surface area contributed by atoms with Crippen molar-refractivity contribution in [2.75, 3.05) is 7.11 Å². The molecule has 5 heteroatoms. The quantitative estimate of drug-likeness (QED) is 0.801. The number of aromatic nitrogens is 1. The first kappa shape index (κ1) is 12.6. The number of methoxy groups -OCH3 is 1. The van der Waals surface area contributed by atoms with Crippen LogP contribution in [0.5, 0.6) is 5.75 Å². The van der Waals surface area contributed by atoms with Gasteiger partial charge in [0.2, 0.25) is 0 Å². The van der Waals surface area contributed by atoms with E-state index in [1.54, 1.807) is 25.3 Å². The fourth-order valence-corrected chi connectivity index (χ4v) is 1.85. The molecule has 1 heterocycles. The van der Waals surface area contributed by atoms with E-state index in [0.717, 1.165) is 5.39 Å². The van der Waals surface area contributed by atoms with Gasteiger partial charge in [0.05, 0.1) is 17.6 Å². The zero-order valence-electron chi connectivity index (χ0n) is 10.0. The number of rotatable bonds is 3. The van der Waals surface area contributed by atoms with Crippen LogP contribution in [-0.4, -0.2) is 24.2 Å². The van der Waals surface area contributed by atoms with E-state index in [0.29, 0.717) is 16.3 Å². The van der Waals surface area contributed by atoms with Crippen molar-refractivity contribution in [3.8, 4) is 5.75 Å². The molecule has 4 nitrogen and oxygen atoms in total. The van der Waals surface area contributed by atoms with Gasteiger partial charge in [0.15, 0.2) is 6.10 Å². The molecule has 0 amide bonds. The van der Waals surface area contributed by atoms with Crippen LogP contribution in [-0.2, 0) is 9.53 Å². The van der Waals surface area contributed by atoms with E-state index in [-0.39, 0.29) is 0 Å². The third kappa shape index (κ3) is 2.38. The Bertz CT molecular complexity index is 585. The predicted molar refractivity (Wildman–Crippen MR) is 68.9 cm³/mol. The van der Waals surface area contributed by atoms with Gasteiger partial charge in [-0.3, -0.25) is 4.98 Å². The van der Waals surface area contributed by atoms with Crippen molar-refractivity contribution < 1.29 is 14.3 Å². The summed E-state index contributed by atoms with van der Waals surface area (Å²) in [6, 6.07) is 7.10. The maximum atomic E-state index is 11.3. The molecule has 2 aromatic rings. The van der Waals surface area contributed by atoms with Crippen LogP contribution in [0.4, 0.5) is 0 Å². The summed E-state index contributed by atoms with van der Waals surface area (Å²) in [5, 5.41) is 1.31. The summed E-state index contributed by atoms with van der Waals surface area (Å²) >= 11 is 6.05. The smallest absolute Gasteiger partial charge is 0.346 e. The van der Waals surface area contributed by atoms with Gasteiger partial charge < -0.3 is 9.47 Å². The average molecular weight is 266 g/mol. The maximum absolute atomic E-state index is 11.3. The predicted octanol–water partition coefficient (Wildman–Crippen LogP) is 2.83. The average Bonchev–Trinajstić information content (AvgIpc) is 2.39. The van der Waals surface area contributed by atoms with E-state index in [9.17, 15) is 4.79 Å². The molecule has 0 saturated heterocycles. The van der Waals surface area contributed by atoms with Gasteiger partial charge in [0.1, 0.15) is 5.75 Å². The lowest BCUT2D eigenvalue weighted by Crippen LogP contribution is -2.25. The second-order valence-electron chi connectivity index (χ2n) is 3.73. The molecule has 0 bridgehead atoms. The zero-order valence-corrected chi connectivity index (χ0v) is 10.8. The highest BCUT2D eigenvalue weighted by Crippen LogP contribution is 2.29. The molecular weight excluding hydrogens is 254 g/mol. The molecule has 0 aliphatic carbocycles. The summed E-state index contributed by atoms with van der Waals surface area (Å²) in [6.45, 7) is 1.63. The Balaban J connectivity index is 2.40. The summed E-state index contributed by atoms with van der Waals surface area (Å²) < 4.78 is 10.2. The van der Waals surface area contributed by atoms with Gasteiger partial charge in [-0.2, -0.15) is 0 Å². The minimum Gasteiger partial charge on any atom is -0.478 e. The first-order valence-electron chi connectivity index (χ1n) is 5.41. The molecular formula is C13H12ClNO3. The van der Waals surface area contributed by atoms with E-state index in [4.69, 9.17) is 16.3 Å². The summed E-state index contributed by atoms with van der Waals surface area (Å²) in [6.07, 6.45) is 0.910. The highest BCUT2D eigenvalue weighted by Gasteiger charge is 2.16. The van der Waals surface area contributed by atoms with Crippen LogP contribution in [0.25, 0.3) is 10.9 Å².